The number of amides is 1. The van der Waals surface area contributed by atoms with Crippen LogP contribution in [0.4, 0.5) is 0 Å². The number of nitrogens with zero attached hydrogens (tertiary/aromatic N) is 4. The number of aryl methyl sites for hydroxylation is 2. The number of nitrogens with one attached hydrogen (secondary N) is 1. The maximum atomic E-state index is 11.7. The van der Waals surface area contributed by atoms with Gasteiger partial charge < -0.3 is 9.88 Å². The van der Waals surface area contributed by atoms with E-state index in [1.807, 2.05) is 18.6 Å². The zero-order chi connectivity index (χ0) is 14.4. The average molecular weight is 387 g/mol. The number of rotatable bonds is 7. The Morgan fingerprint density at radius 1 is 1.50 bits per heavy atom. The summed E-state index contributed by atoms with van der Waals surface area (Å²) in [6.07, 6.45) is 9.20. The Labute approximate surface area is 131 Å². The van der Waals surface area contributed by atoms with Gasteiger partial charge in [-0.25, -0.2) is 4.98 Å². The summed E-state index contributed by atoms with van der Waals surface area (Å²) < 4.78 is 4.80. The Balaban J connectivity index is 1.67. The maximum Gasteiger partial charge on any atom is 0.241 e. The van der Waals surface area contributed by atoms with Crippen molar-refractivity contribution >= 4 is 28.5 Å². The van der Waals surface area contributed by atoms with Crippen molar-refractivity contribution in [3.8, 4) is 0 Å². The molecule has 0 aromatic carbocycles. The molecule has 20 heavy (non-hydrogen) atoms. The third-order valence-electron chi connectivity index (χ3n) is 2.92. The first kappa shape index (κ1) is 15.0. The Kier molecular flexibility index (Phi) is 5.57. The minimum atomic E-state index is -0.00848. The molecule has 0 spiro atoms. The lowest BCUT2D eigenvalue weighted by molar-refractivity contribution is -0.121. The number of halogens is 1. The molecule has 2 aromatic heterocycles. The highest BCUT2D eigenvalue weighted by Crippen LogP contribution is 2.01. The molecule has 6 nitrogen and oxygen atoms in total. The standard InChI is InChI=1S/C13H18IN5O/c1-2-12-15-5-7-18(12)6-3-4-16-13(20)10-19-9-11(14)8-17-19/h5,7-9H,2-4,6,10H2,1H3,(H,16,20). The van der Waals surface area contributed by atoms with Crippen LogP contribution in [0.25, 0.3) is 0 Å². The first-order chi connectivity index (χ1) is 9.69. The number of hydrogen-bond donors (Lipinski definition) is 1. The Morgan fingerprint density at radius 3 is 3.05 bits per heavy atom. The second kappa shape index (κ2) is 7.41. The quantitative estimate of drug-likeness (QED) is 0.578. The fourth-order valence-corrected chi connectivity index (χ4v) is 2.41. The second-order valence-corrected chi connectivity index (χ2v) is 5.70. The molecule has 2 rings (SSSR count). The molecule has 2 aromatic rings. The van der Waals surface area contributed by atoms with Gasteiger partial charge in [0.25, 0.3) is 0 Å². The normalized spacial score (nSPS) is 10.7. The molecule has 0 aliphatic carbocycles. The van der Waals surface area contributed by atoms with Crippen LogP contribution in [-0.4, -0.2) is 31.8 Å². The first-order valence-corrected chi connectivity index (χ1v) is 7.71. The van der Waals surface area contributed by atoms with Crippen molar-refractivity contribution in [3.63, 3.8) is 0 Å². The number of imidazole rings is 1. The van der Waals surface area contributed by atoms with E-state index in [4.69, 9.17) is 0 Å². The predicted molar refractivity (Wildman–Crippen MR) is 84.2 cm³/mol. The summed E-state index contributed by atoms with van der Waals surface area (Å²) in [6.45, 7) is 3.90. The van der Waals surface area contributed by atoms with Gasteiger partial charge in [0, 0.05) is 38.1 Å². The molecule has 0 fully saturated rings. The maximum absolute atomic E-state index is 11.7. The highest BCUT2D eigenvalue weighted by molar-refractivity contribution is 14.1. The van der Waals surface area contributed by atoms with Crippen molar-refractivity contribution < 1.29 is 4.79 Å². The molecule has 0 saturated heterocycles. The van der Waals surface area contributed by atoms with Crippen molar-refractivity contribution in [1.29, 1.82) is 0 Å². The minimum absolute atomic E-state index is 0.00848. The topological polar surface area (TPSA) is 64.7 Å². The average Bonchev–Trinajstić information content (AvgIpc) is 3.03. The van der Waals surface area contributed by atoms with Gasteiger partial charge in [-0.05, 0) is 29.0 Å². The van der Waals surface area contributed by atoms with Crippen molar-refractivity contribution in [2.24, 2.45) is 0 Å². The van der Waals surface area contributed by atoms with Crippen molar-refractivity contribution in [1.82, 2.24) is 24.6 Å². The van der Waals surface area contributed by atoms with Crippen molar-refractivity contribution in [3.05, 3.63) is 34.2 Å². The van der Waals surface area contributed by atoms with Gasteiger partial charge in [0.05, 0.1) is 9.77 Å². The molecule has 2 heterocycles. The summed E-state index contributed by atoms with van der Waals surface area (Å²) in [5, 5.41) is 6.99. The van der Waals surface area contributed by atoms with Crippen LogP contribution in [0.1, 0.15) is 19.2 Å². The number of aromatic nitrogens is 4. The van der Waals surface area contributed by atoms with Crippen LogP contribution in [-0.2, 0) is 24.3 Å². The van der Waals surface area contributed by atoms with Gasteiger partial charge in [-0.2, -0.15) is 5.10 Å². The van der Waals surface area contributed by atoms with Gasteiger partial charge in [-0.1, -0.05) is 6.92 Å². The summed E-state index contributed by atoms with van der Waals surface area (Å²) in [5.74, 6) is 1.08. The van der Waals surface area contributed by atoms with E-state index < -0.39 is 0 Å². The van der Waals surface area contributed by atoms with Gasteiger partial charge in [0.2, 0.25) is 5.91 Å². The fourth-order valence-electron chi connectivity index (χ4n) is 1.96. The molecule has 1 amide bonds. The minimum Gasteiger partial charge on any atom is -0.354 e. The van der Waals surface area contributed by atoms with Gasteiger partial charge >= 0.3 is 0 Å². The highest BCUT2D eigenvalue weighted by Gasteiger charge is 2.04. The van der Waals surface area contributed by atoms with E-state index >= 15 is 0 Å². The third-order valence-corrected chi connectivity index (χ3v) is 3.48. The molecule has 0 radical (unpaired) electrons. The van der Waals surface area contributed by atoms with Crippen LogP contribution in [0.5, 0.6) is 0 Å². The van der Waals surface area contributed by atoms with E-state index in [9.17, 15) is 4.79 Å². The van der Waals surface area contributed by atoms with Crippen LogP contribution >= 0.6 is 22.6 Å². The van der Waals surface area contributed by atoms with Gasteiger partial charge in [-0.15, -0.1) is 0 Å². The Hall–Kier alpha value is -1.38. The van der Waals surface area contributed by atoms with Crippen LogP contribution in [0.3, 0.4) is 0 Å². The molecule has 0 aliphatic heterocycles. The smallest absolute Gasteiger partial charge is 0.241 e. The first-order valence-electron chi connectivity index (χ1n) is 6.63. The van der Waals surface area contributed by atoms with E-state index in [0.29, 0.717) is 6.54 Å². The lowest BCUT2D eigenvalue weighted by atomic mass is 10.4. The molecule has 7 heteroatoms. The Morgan fingerprint density at radius 2 is 2.35 bits per heavy atom. The molecule has 0 bridgehead atoms. The summed E-state index contributed by atoms with van der Waals surface area (Å²) in [7, 11) is 0. The molecule has 0 unspecified atom stereocenters. The molecular weight excluding hydrogens is 369 g/mol. The summed E-state index contributed by atoms with van der Waals surface area (Å²) in [5.41, 5.74) is 0. The van der Waals surface area contributed by atoms with E-state index in [1.54, 1.807) is 10.9 Å². The zero-order valence-corrected chi connectivity index (χ0v) is 13.6. The molecular formula is C13H18IN5O. The SMILES string of the molecule is CCc1nccn1CCCNC(=O)Cn1cc(I)cn1. The van der Waals surface area contributed by atoms with Crippen LogP contribution < -0.4 is 5.32 Å². The number of carbonyl (C=O) groups excluding carboxylic acids is 1. The summed E-state index contributed by atoms with van der Waals surface area (Å²) in [6, 6.07) is 0. The van der Waals surface area contributed by atoms with E-state index in [2.05, 4.69) is 49.5 Å². The van der Waals surface area contributed by atoms with E-state index in [0.717, 1.165) is 28.8 Å². The molecule has 0 atom stereocenters. The largest absolute Gasteiger partial charge is 0.354 e. The number of hydrogen-bond acceptors (Lipinski definition) is 3. The third kappa shape index (κ3) is 4.32. The van der Waals surface area contributed by atoms with Crippen LogP contribution in [0.15, 0.2) is 24.8 Å². The molecule has 108 valence electrons. The molecule has 0 aliphatic rings. The summed E-state index contributed by atoms with van der Waals surface area (Å²) >= 11 is 2.17. The predicted octanol–water partition coefficient (Wildman–Crippen LogP) is 1.45. The molecule has 1 N–H and O–H groups in total. The summed E-state index contributed by atoms with van der Waals surface area (Å²) in [4.78, 5) is 16.0. The monoisotopic (exact) mass is 387 g/mol. The van der Waals surface area contributed by atoms with Crippen LogP contribution in [0, 0.1) is 3.57 Å². The lowest BCUT2D eigenvalue weighted by Gasteiger charge is -2.08. The zero-order valence-electron chi connectivity index (χ0n) is 11.4. The fraction of sp³-hybridized carbons (Fsp3) is 0.462. The second-order valence-electron chi connectivity index (χ2n) is 4.45. The van der Waals surface area contributed by atoms with E-state index in [-0.39, 0.29) is 12.5 Å². The molecule has 0 saturated carbocycles. The van der Waals surface area contributed by atoms with Crippen molar-refractivity contribution in [2.45, 2.75) is 32.9 Å². The Bertz CT molecular complexity index is 563. The van der Waals surface area contributed by atoms with Gasteiger partial charge in [-0.3, -0.25) is 9.48 Å². The van der Waals surface area contributed by atoms with E-state index in [1.165, 1.54) is 0 Å². The van der Waals surface area contributed by atoms with Gasteiger partial charge in [0.15, 0.2) is 0 Å². The van der Waals surface area contributed by atoms with Gasteiger partial charge in [0.1, 0.15) is 12.4 Å². The lowest BCUT2D eigenvalue weighted by Crippen LogP contribution is -2.29. The van der Waals surface area contributed by atoms with Crippen LogP contribution in [0.2, 0.25) is 0 Å². The highest BCUT2D eigenvalue weighted by atomic mass is 127. The number of carbonyl (C=O) groups is 1. The van der Waals surface area contributed by atoms with Crippen molar-refractivity contribution in [2.75, 3.05) is 6.54 Å².